The summed E-state index contributed by atoms with van der Waals surface area (Å²) in [6.45, 7) is 0. The summed E-state index contributed by atoms with van der Waals surface area (Å²) in [4.78, 5) is 20.1. The molecular weight excluding hydrogens is 110 g/mol. The molecule has 0 atom stereocenters. The second-order valence-corrected chi connectivity index (χ2v) is 1.05. The van der Waals surface area contributed by atoms with Gasteiger partial charge in [0.2, 0.25) is 0 Å². The van der Waals surface area contributed by atoms with Gasteiger partial charge in [0.15, 0.2) is 0 Å². The fourth-order valence-corrected chi connectivity index (χ4v) is 0.252. The topological polar surface area (TPSA) is 61.9 Å². The first-order valence-electron chi connectivity index (χ1n) is 1.80. The molecule has 0 saturated carbocycles. The summed E-state index contributed by atoms with van der Waals surface area (Å²) in [5, 5.41) is 6.00. The molecule has 0 saturated heterocycles. The second-order valence-electron chi connectivity index (χ2n) is 1.05. The molecule has 5 heteroatoms. The molecule has 0 aromatic carbocycles. The highest BCUT2D eigenvalue weighted by molar-refractivity contribution is 5.65. The second kappa shape index (κ2) is 1.61. The third-order valence-electron chi connectivity index (χ3n) is 0.550. The molecule has 1 heterocycles. The number of nitroso groups, excluding NO2 is 1. The van der Waals surface area contributed by atoms with E-state index in [9.17, 15) is 9.70 Å². The van der Waals surface area contributed by atoms with Crippen molar-refractivity contribution in [3.63, 3.8) is 0 Å². The molecule has 0 spiro atoms. The molecule has 0 unspecified atom stereocenters. The lowest BCUT2D eigenvalue weighted by Gasteiger charge is -1.75. The molecule has 8 heavy (non-hydrogen) atoms. The largest absolute Gasteiger partial charge is 0.608 e. The smallest absolute Gasteiger partial charge is 0.188 e. The van der Waals surface area contributed by atoms with Gasteiger partial charge in [-0.15, -0.1) is 0 Å². The standard InChI is InChI=1S/C3HN3O2/c7-3-5-4-1-2-6(3)8/h1H/q+1. The van der Waals surface area contributed by atoms with Crippen LogP contribution in [0.5, 0.6) is 0 Å². The number of azo groups is 1. The van der Waals surface area contributed by atoms with Crippen molar-refractivity contribution in [2.75, 3.05) is 0 Å². The van der Waals surface area contributed by atoms with Gasteiger partial charge < -0.3 is 0 Å². The van der Waals surface area contributed by atoms with Crippen LogP contribution in [0.2, 0.25) is 0 Å². The number of carbonyl (C=O) groups excluding carboxylic acids is 1. The summed E-state index contributed by atoms with van der Waals surface area (Å²) in [7, 11) is 0. The van der Waals surface area contributed by atoms with E-state index in [1.165, 1.54) is 0 Å². The molecule has 39 valence electrons. The molecule has 0 aromatic rings. The van der Waals surface area contributed by atoms with E-state index in [0.717, 1.165) is 6.20 Å². The van der Waals surface area contributed by atoms with E-state index in [4.69, 9.17) is 0 Å². The van der Waals surface area contributed by atoms with Crippen LogP contribution in [0.3, 0.4) is 0 Å². The lowest BCUT2D eigenvalue weighted by molar-refractivity contribution is -0.390. The van der Waals surface area contributed by atoms with Crippen LogP contribution in [-0.4, -0.2) is 10.8 Å². The van der Waals surface area contributed by atoms with E-state index in [1.807, 2.05) is 6.20 Å². The number of nitrogens with zero attached hydrogens (tertiary/aromatic N) is 3. The monoisotopic (exact) mass is 111 g/mol. The zero-order valence-electron chi connectivity index (χ0n) is 3.74. The average molecular weight is 111 g/mol. The first kappa shape index (κ1) is 4.76. The van der Waals surface area contributed by atoms with Crippen LogP contribution in [0.4, 0.5) is 4.79 Å². The van der Waals surface area contributed by atoms with Gasteiger partial charge in [-0.25, -0.2) is 0 Å². The zero-order chi connectivity index (χ0) is 5.98. The quantitative estimate of drug-likeness (QED) is 0.430. The fourth-order valence-electron chi connectivity index (χ4n) is 0.252. The minimum atomic E-state index is -0.937. The Morgan fingerprint density at radius 1 is 1.75 bits per heavy atom. The van der Waals surface area contributed by atoms with Gasteiger partial charge in [0, 0.05) is 0 Å². The summed E-state index contributed by atoms with van der Waals surface area (Å²) in [5.74, 6) is 0. The van der Waals surface area contributed by atoms with Crippen molar-refractivity contribution >= 4 is 6.03 Å². The Balaban J connectivity index is 2.89. The minimum absolute atomic E-state index is 0.0208. The van der Waals surface area contributed by atoms with Crippen molar-refractivity contribution in [2.45, 2.75) is 0 Å². The van der Waals surface area contributed by atoms with E-state index in [-0.39, 0.29) is 4.76 Å². The van der Waals surface area contributed by atoms with E-state index in [2.05, 4.69) is 10.2 Å². The summed E-state index contributed by atoms with van der Waals surface area (Å²) < 4.78 is -0.0208. The van der Waals surface area contributed by atoms with Gasteiger partial charge in [-0.2, -0.15) is 4.79 Å². The van der Waals surface area contributed by atoms with Crippen molar-refractivity contribution in [2.24, 2.45) is 10.2 Å². The lowest BCUT2D eigenvalue weighted by Crippen LogP contribution is -2.08. The Hall–Kier alpha value is -1.39. The molecule has 2 amide bonds. The molecule has 5 nitrogen and oxygen atoms in total. The van der Waals surface area contributed by atoms with Crippen LogP contribution in [-0.2, 0) is 0 Å². The fraction of sp³-hybridized carbons (Fsp3) is 0. The SMILES string of the molecule is O=C1N=NC=[C][N+]1=O. The summed E-state index contributed by atoms with van der Waals surface area (Å²) in [6, 6.07) is -0.937. The van der Waals surface area contributed by atoms with Gasteiger partial charge in [-0.1, -0.05) is 4.91 Å². The van der Waals surface area contributed by atoms with E-state index < -0.39 is 6.03 Å². The van der Waals surface area contributed by atoms with Crippen LogP contribution in [0.25, 0.3) is 0 Å². The molecule has 0 fully saturated rings. The van der Waals surface area contributed by atoms with Crippen LogP contribution < -0.4 is 0 Å². The van der Waals surface area contributed by atoms with Crippen molar-refractivity contribution < 1.29 is 9.55 Å². The maximum absolute atomic E-state index is 10.1. The molecule has 0 N–H and O–H groups in total. The van der Waals surface area contributed by atoms with Gasteiger partial charge in [0.05, 0.1) is 4.76 Å². The first-order chi connectivity index (χ1) is 3.80. The molecular formula is C3HN3O2+. The number of hydrogen-bond acceptors (Lipinski definition) is 3. The van der Waals surface area contributed by atoms with Gasteiger partial charge in [0.1, 0.15) is 11.3 Å². The maximum atomic E-state index is 10.1. The van der Waals surface area contributed by atoms with Crippen LogP contribution in [0, 0.1) is 11.1 Å². The van der Waals surface area contributed by atoms with E-state index in [1.54, 1.807) is 0 Å². The molecule has 1 aliphatic rings. The number of amides is 2. The Morgan fingerprint density at radius 3 is 2.88 bits per heavy atom. The van der Waals surface area contributed by atoms with Gasteiger partial charge in [0.25, 0.3) is 6.20 Å². The van der Waals surface area contributed by atoms with E-state index in [0.29, 0.717) is 0 Å². The average Bonchev–Trinajstić information content (AvgIpc) is 1.77. The Bertz CT molecular complexity index is 171. The Kier molecular flexibility index (Phi) is 0.957. The highest BCUT2D eigenvalue weighted by Crippen LogP contribution is 1.92. The number of hydrogen-bond donors (Lipinski definition) is 0. The first-order valence-corrected chi connectivity index (χ1v) is 1.80. The molecule has 1 aliphatic heterocycles. The minimum Gasteiger partial charge on any atom is -0.188 e. The number of rotatable bonds is 0. The summed E-state index contributed by atoms with van der Waals surface area (Å²) >= 11 is 0. The molecule has 0 aromatic heterocycles. The van der Waals surface area contributed by atoms with Crippen molar-refractivity contribution in [1.82, 2.24) is 0 Å². The lowest BCUT2D eigenvalue weighted by atomic mass is 10.8. The predicted molar refractivity (Wildman–Crippen MR) is 21.7 cm³/mol. The molecule has 0 aliphatic carbocycles. The van der Waals surface area contributed by atoms with Crippen molar-refractivity contribution in [1.29, 1.82) is 0 Å². The van der Waals surface area contributed by atoms with Crippen LogP contribution in [0.1, 0.15) is 0 Å². The Labute approximate surface area is 44.3 Å². The van der Waals surface area contributed by atoms with Gasteiger partial charge in [-0.05, 0) is 5.11 Å². The number of carbonyl (C=O) groups is 1. The highest BCUT2D eigenvalue weighted by Gasteiger charge is 2.21. The van der Waals surface area contributed by atoms with Crippen LogP contribution >= 0.6 is 0 Å². The highest BCUT2D eigenvalue weighted by atomic mass is 16.3. The van der Waals surface area contributed by atoms with Crippen molar-refractivity contribution in [3.8, 4) is 0 Å². The van der Waals surface area contributed by atoms with E-state index >= 15 is 0 Å². The zero-order valence-corrected chi connectivity index (χ0v) is 3.74. The van der Waals surface area contributed by atoms with Crippen molar-refractivity contribution in [3.05, 3.63) is 17.3 Å². The summed E-state index contributed by atoms with van der Waals surface area (Å²) in [6.07, 6.45) is 3.00. The van der Waals surface area contributed by atoms with Gasteiger partial charge in [-0.3, -0.25) is 0 Å². The van der Waals surface area contributed by atoms with Gasteiger partial charge >= 0.3 is 6.03 Å². The van der Waals surface area contributed by atoms with Crippen LogP contribution in [0.15, 0.2) is 16.4 Å². The molecule has 0 bridgehead atoms. The predicted octanol–water partition coefficient (Wildman–Crippen LogP) is 0.625. The third kappa shape index (κ3) is 0.651. The Morgan fingerprint density at radius 2 is 2.50 bits per heavy atom. The third-order valence-corrected chi connectivity index (χ3v) is 0.550. The molecule has 1 rings (SSSR count). The maximum Gasteiger partial charge on any atom is 0.608 e. The number of urea groups is 1. The molecule has 1 radical (unpaired) electrons. The normalized spacial score (nSPS) is 17.5. The summed E-state index contributed by atoms with van der Waals surface area (Å²) in [5.41, 5.74) is 0.